The van der Waals surface area contributed by atoms with Crippen LogP contribution in [0.5, 0.6) is 11.5 Å². The summed E-state index contributed by atoms with van der Waals surface area (Å²) in [6.45, 7) is 0. The lowest BCUT2D eigenvalue weighted by Gasteiger charge is -2.12. The summed E-state index contributed by atoms with van der Waals surface area (Å²) in [6.07, 6.45) is 0. The van der Waals surface area contributed by atoms with Gasteiger partial charge in [0, 0.05) is 16.8 Å². The molecular weight excluding hydrogens is 292 g/mol. The van der Waals surface area contributed by atoms with Crippen molar-refractivity contribution in [3.63, 3.8) is 0 Å². The van der Waals surface area contributed by atoms with Gasteiger partial charge in [-0.25, -0.2) is 0 Å². The molecule has 0 spiro atoms. The van der Waals surface area contributed by atoms with Gasteiger partial charge in [0.05, 0.1) is 25.5 Å². The summed E-state index contributed by atoms with van der Waals surface area (Å²) in [5.74, 6) is 0.747. The second kappa shape index (κ2) is 6.37. The van der Waals surface area contributed by atoms with Crippen LogP contribution in [-0.4, -0.2) is 20.1 Å². The summed E-state index contributed by atoms with van der Waals surface area (Å²) in [6, 6.07) is 9.83. The average Bonchev–Trinajstić information content (AvgIpc) is 2.49. The van der Waals surface area contributed by atoms with Crippen LogP contribution in [0.4, 0.5) is 11.4 Å². The lowest BCUT2D eigenvalue weighted by atomic mass is 10.1. The Morgan fingerprint density at radius 2 is 1.90 bits per heavy atom. The van der Waals surface area contributed by atoms with E-state index in [0.29, 0.717) is 33.5 Å². The number of methoxy groups -OCH3 is 2. The summed E-state index contributed by atoms with van der Waals surface area (Å²) < 4.78 is 10.3. The number of anilines is 2. The van der Waals surface area contributed by atoms with Crippen molar-refractivity contribution in [3.05, 3.63) is 47.0 Å². The van der Waals surface area contributed by atoms with Crippen LogP contribution in [0, 0.1) is 0 Å². The third kappa shape index (κ3) is 3.38. The summed E-state index contributed by atoms with van der Waals surface area (Å²) in [5, 5.41) is 3.17. The van der Waals surface area contributed by atoms with E-state index in [4.69, 9.17) is 26.8 Å². The first-order chi connectivity index (χ1) is 10.0. The summed E-state index contributed by atoms with van der Waals surface area (Å²) in [4.78, 5) is 12.3. The van der Waals surface area contributed by atoms with E-state index in [1.165, 1.54) is 13.2 Å². The van der Waals surface area contributed by atoms with E-state index in [9.17, 15) is 4.79 Å². The van der Waals surface area contributed by atoms with Gasteiger partial charge in [0.1, 0.15) is 11.5 Å². The van der Waals surface area contributed by atoms with E-state index in [2.05, 4.69) is 5.32 Å². The van der Waals surface area contributed by atoms with E-state index in [0.717, 1.165) is 0 Å². The Kier molecular flexibility index (Phi) is 4.55. The van der Waals surface area contributed by atoms with Gasteiger partial charge in [-0.2, -0.15) is 0 Å². The minimum atomic E-state index is -0.374. The molecule has 0 aliphatic rings. The van der Waals surface area contributed by atoms with Crippen LogP contribution < -0.4 is 20.5 Å². The summed E-state index contributed by atoms with van der Waals surface area (Å²) in [7, 11) is 3.06. The molecule has 2 aromatic carbocycles. The maximum absolute atomic E-state index is 12.3. The molecule has 5 nitrogen and oxygen atoms in total. The third-order valence-corrected chi connectivity index (χ3v) is 3.15. The Hall–Kier alpha value is -2.40. The Labute approximate surface area is 127 Å². The van der Waals surface area contributed by atoms with Gasteiger partial charge in [-0.05, 0) is 30.3 Å². The molecule has 0 aliphatic carbocycles. The van der Waals surface area contributed by atoms with Gasteiger partial charge in [-0.1, -0.05) is 11.6 Å². The topological polar surface area (TPSA) is 73.6 Å². The number of hydrogen-bond acceptors (Lipinski definition) is 4. The molecule has 0 bridgehead atoms. The van der Waals surface area contributed by atoms with Crippen LogP contribution in [0.1, 0.15) is 10.4 Å². The number of amides is 1. The van der Waals surface area contributed by atoms with Crippen LogP contribution in [0.15, 0.2) is 36.4 Å². The number of halogens is 1. The van der Waals surface area contributed by atoms with Crippen molar-refractivity contribution in [2.75, 3.05) is 25.3 Å². The highest BCUT2D eigenvalue weighted by molar-refractivity contribution is 6.31. The normalized spacial score (nSPS) is 10.0. The first kappa shape index (κ1) is 15.0. The fourth-order valence-electron chi connectivity index (χ4n) is 1.83. The lowest BCUT2D eigenvalue weighted by molar-refractivity contribution is 0.102. The number of hydrogen-bond donors (Lipinski definition) is 2. The minimum Gasteiger partial charge on any atom is -0.497 e. The van der Waals surface area contributed by atoms with Crippen molar-refractivity contribution >= 4 is 28.9 Å². The number of carbonyl (C=O) groups is 1. The summed E-state index contributed by atoms with van der Waals surface area (Å²) >= 11 is 5.89. The molecule has 0 unspecified atom stereocenters. The highest BCUT2D eigenvalue weighted by atomic mass is 35.5. The van der Waals surface area contributed by atoms with Gasteiger partial charge in [0.2, 0.25) is 0 Å². The second-order valence-electron chi connectivity index (χ2n) is 4.25. The SMILES string of the molecule is COc1ccc(OC)c(NC(=O)c2cc(Cl)ccc2N)c1. The van der Waals surface area contributed by atoms with Crippen LogP contribution in [-0.2, 0) is 0 Å². The molecule has 2 aromatic rings. The van der Waals surface area contributed by atoms with Crippen LogP contribution >= 0.6 is 11.6 Å². The highest BCUT2D eigenvalue weighted by Gasteiger charge is 2.14. The summed E-state index contributed by atoms with van der Waals surface area (Å²) in [5.41, 5.74) is 6.93. The highest BCUT2D eigenvalue weighted by Crippen LogP contribution is 2.30. The lowest BCUT2D eigenvalue weighted by Crippen LogP contribution is -2.14. The fourth-order valence-corrected chi connectivity index (χ4v) is 2.00. The largest absolute Gasteiger partial charge is 0.497 e. The van der Waals surface area contributed by atoms with Crippen molar-refractivity contribution in [2.45, 2.75) is 0 Å². The van der Waals surface area contributed by atoms with Gasteiger partial charge >= 0.3 is 0 Å². The zero-order valence-electron chi connectivity index (χ0n) is 11.6. The molecule has 0 radical (unpaired) electrons. The van der Waals surface area contributed by atoms with E-state index in [1.54, 1.807) is 37.4 Å². The number of rotatable bonds is 4. The molecule has 110 valence electrons. The number of nitrogens with two attached hydrogens (primary N) is 1. The van der Waals surface area contributed by atoms with Crippen molar-refractivity contribution in [3.8, 4) is 11.5 Å². The van der Waals surface area contributed by atoms with E-state index in [-0.39, 0.29) is 5.91 Å². The van der Waals surface area contributed by atoms with Gasteiger partial charge in [0.25, 0.3) is 5.91 Å². The Morgan fingerprint density at radius 1 is 1.14 bits per heavy atom. The van der Waals surface area contributed by atoms with Gasteiger partial charge in [-0.3, -0.25) is 4.79 Å². The molecule has 3 N–H and O–H groups in total. The van der Waals surface area contributed by atoms with E-state index in [1.807, 2.05) is 0 Å². The molecule has 0 fully saturated rings. The minimum absolute atomic E-state index is 0.298. The fraction of sp³-hybridized carbons (Fsp3) is 0.133. The molecule has 0 aliphatic heterocycles. The Bertz CT molecular complexity index is 674. The van der Waals surface area contributed by atoms with Crippen LogP contribution in [0.2, 0.25) is 5.02 Å². The van der Waals surface area contributed by atoms with E-state index >= 15 is 0 Å². The zero-order valence-corrected chi connectivity index (χ0v) is 12.4. The Morgan fingerprint density at radius 3 is 2.57 bits per heavy atom. The van der Waals surface area contributed by atoms with Gasteiger partial charge < -0.3 is 20.5 Å². The Balaban J connectivity index is 2.32. The molecule has 6 heteroatoms. The molecule has 21 heavy (non-hydrogen) atoms. The second-order valence-corrected chi connectivity index (χ2v) is 4.69. The van der Waals surface area contributed by atoms with Crippen LogP contribution in [0.25, 0.3) is 0 Å². The number of carbonyl (C=O) groups excluding carboxylic acids is 1. The number of nitrogen functional groups attached to an aromatic ring is 1. The average molecular weight is 307 g/mol. The zero-order chi connectivity index (χ0) is 15.4. The molecule has 0 saturated heterocycles. The molecule has 0 heterocycles. The van der Waals surface area contributed by atoms with Crippen molar-refractivity contribution in [1.82, 2.24) is 0 Å². The van der Waals surface area contributed by atoms with Crippen molar-refractivity contribution in [2.24, 2.45) is 0 Å². The number of ether oxygens (including phenoxy) is 2. The molecule has 0 aromatic heterocycles. The molecule has 0 atom stereocenters. The third-order valence-electron chi connectivity index (χ3n) is 2.91. The predicted octanol–water partition coefficient (Wildman–Crippen LogP) is 3.19. The standard InChI is InChI=1S/C15H15ClN2O3/c1-20-10-4-6-14(21-2)13(8-10)18-15(19)11-7-9(16)3-5-12(11)17/h3-8H,17H2,1-2H3,(H,18,19). The number of nitrogens with one attached hydrogen (secondary N) is 1. The van der Waals surface area contributed by atoms with Crippen molar-refractivity contribution < 1.29 is 14.3 Å². The maximum Gasteiger partial charge on any atom is 0.257 e. The smallest absolute Gasteiger partial charge is 0.257 e. The van der Waals surface area contributed by atoms with Gasteiger partial charge in [-0.15, -0.1) is 0 Å². The maximum atomic E-state index is 12.3. The van der Waals surface area contributed by atoms with E-state index < -0.39 is 0 Å². The van der Waals surface area contributed by atoms with Crippen LogP contribution in [0.3, 0.4) is 0 Å². The molecule has 1 amide bonds. The molecular formula is C15H15ClN2O3. The number of benzene rings is 2. The van der Waals surface area contributed by atoms with Crippen molar-refractivity contribution in [1.29, 1.82) is 0 Å². The first-order valence-electron chi connectivity index (χ1n) is 6.13. The quantitative estimate of drug-likeness (QED) is 0.851. The first-order valence-corrected chi connectivity index (χ1v) is 6.51. The monoisotopic (exact) mass is 306 g/mol. The van der Waals surface area contributed by atoms with Gasteiger partial charge in [0.15, 0.2) is 0 Å². The molecule has 0 saturated carbocycles. The molecule has 2 rings (SSSR count). The predicted molar refractivity (Wildman–Crippen MR) is 83.4 cm³/mol.